The lowest BCUT2D eigenvalue weighted by Gasteiger charge is -2.45. The Morgan fingerprint density at radius 1 is 1.33 bits per heavy atom. The molecule has 0 amide bonds. The van der Waals surface area contributed by atoms with Crippen molar-refractivity contribution >= 4 is 16.7 Å². The molecule has 112 valence electrons. The Hall–Kier alpha value is -1.55. The number of aryl methyl sites for hydroxylation is 1. The van der Waals surface area contributed by atoms with E-state index in [0.29, 0.717) is 6.04 Å². The minimum Gasteiger partial charge on any atom is -0.379 e. The molecule has 4 nitrogen and oxygen atoms in total. The van der Waals surface area contributed by atoms with Crippen LogP contribution in [0.15, 0.2) is 24.5 Å². The van der Waals surface area contributed by atoms with Gasteiger partial charge in [-0.25, -0.2) is 4.98 Å². The highest BCUT2D eigenvalue weighted by Gasteiger charge is 2.33. The highest BCUT2D eigenvalue weighted by Crippen LogP contribution is 2.30. The van der Waals surface area contributed by atoms with Crippen molar-refractivity contribution < 1.29 is 0 Å². The van der Waals surface area contributed by atoms with Crippen molar-refractivity contribution in [3.8, 4) is 0 Å². The molecule has 0 unspecified atom stereocenters. The van der Waals surface area contributed by atoms with Gasteiger partial charge in [0.1, 0.15) is 5.65 Å². The molecule has 3 fully saturated rings. The minimum absolute atomic E-state index is 0.601. The summed E-state index contributed by atoms with van der Waals surface area (Å²) in [5.74, 6) is 0.843. The zero-order chi connectivity index (χ0) is 14.2. The number of rotatable bonds is 4. The summed E-state index contributed by atoms with van der Waals surface area (Å²) in [5.41, 5.74) is 2.28. The van der Waals surface area contributed by atoms with E-state index in [-0.39, 0.29) is 0 Å². The molecule has 3 saturated heterocycles. The maximum Gasteiger partial charge on any atom is 0.139 e. The van der Waals surface area contributed by atoms with E-state index in [2.05, 4.69) is 45.0 Å². The lowest BCUT2D eigenvalue weighted by molar-refractivity contribution is 0.0975. The second-order valence-electron chi connectivity index (χ2n) is 6.53. The summed E-state index contributed by atoms with van der Waals surface area (Å²) in [6.45, 7) is 7.03. The van der Waals surface area contributed by atoms with E-state index in [4.69, 9.17) is 0 Å². The van der Waals surface area contributed by atoms with Crippen molar-refractivity contribution in [1.29, 1.82) is 0 Å². The molecule has 1 atom stereocenters. The number of aromatic nitrogens is 2. The van der Waals surface area contributed by atoms with Gasteiger partial charge in [-0.1, -0.05) is 6.92 Å². The number of piperidine rings is 3. The smallest absolute Gasteiger partial charge is 0.139 e. The molecule has 0 saturated carbocycles. The van der Waals surface area contributed by atoms with Crippen LogP contribution in [0.5, 0.6) is 0 Å². The normalized spacial score (nSPS) is 28.1. The molecule has 2 aromatic rings. The largest absolute Gasteiger partial charge is 0.379 e. The van der Waals surface area contributed by atoms with Crippen LogP contribution in [0.4, 0.5) is 5.69 Å². The molecule has 4 heteroatoms. The van der Waals surface area contributed by atoms with Gasteiger partial charge in [-0.15, -0.1) is 0 Å². The summed E-state index contributed by atoms with van der Waals surface area (Å²) in [6, 6.07) is 5.04. The summed E-state index contributed by atoms with van der Waals surface area (Å²) < 4.78 is 2.24. The molecule has 3 aliphatic heterocycles. The number of pyridine rings is 1. The van der Waals surface area contributed by atoms with Crippen LogP contribution in [0.1, 0.15) is 26.2 Å². The highest BCUT2D eigenvalue weighted by molar-refractivity contribution is 5.79. The number of hydrogen-bond acceptors (Lipinski definition) is 3. The molecule has 3 aliphatic rings. The van der Waals surface area contributed by atoms with Crippen molar-refractivity contribution in [1.82, 2.24) is 14.5 Å². The lowest BCUT2D eigenvalue weighted by atomic mass is 9.84. The van der Waals surface area contributed by atoms with Gasteiger partial charge in [-0.3, -0.25) is 0 Å². The van der Waals surface area contributed by atoms with Crippen molar-refractivity contribution in [3.63, 3.8) is 0 Å². The number of nitrogens with zero attached hydrogens (tertiary/aromatic N) is 3. The Bertz CT molecular complexity index is 625. The Balaban J connectivity index is 1.54. The van der Waals surface area contributed by atoms with Crippen molar-refractivity contribution in [3.05, 3.63) is 24.5 Å². The van der Waals surface area contributed by atoms with Gasteiger partial charge in [-0.2, -0.15) is 0 Å². The van der Waals surface area contributed by atoms with Gasteiger partial charge >= 0.3 is 0 Å². The van der Waals surface area contributed by atoms with Gasteiger partial charge in [-0.05, 0) is 50.4 Å². The second kappa shape index (κ2) is 5.34. The maximum absolute atomic E-state index is 4.67. The first-order chi connectivity index (χ1) is 10.3. The quantitative estimate of drug-likeness (QED) is 0.937. The van der Waals surface area contributed by atoms with Crippen molar-refractivity contribution in [2.75, 3.05) is 25.0 Å². The molecular formula is C17H24N4. The number of nitrogens with one attached hydrogen (secondary N) is 1. The Morgan fingerprint density at radius 3 is 2.90 bits per heavy atom. The third-order valence-corrected chi connectivity index (χ3v) is 5.07. The van der Waals surface area contributed by atoms with Crippen LogP contribution in [0.2, 0.25) is 0 Å². The van der Waals surface area contributed by atoms with E-state index < -0.39 is 0 Å². The van der Waals surface area contributed by atoms with Crippen molar-refractivity contribution in [2.45, 2.75) is 38.8 Å². The van der Waals surface area contributed by atoms with Gasteiger partial charge in [0, 0.05) is 30.7 Å². The van der Waals surface area contributed by atoms with Crippen LogP contribution in [0.25, 0.3) is 11.0 Å². The van der Waals surface area contributed by atoms with Gasteiger partial charge in [0.05, 0.1) is 11.9 Å². The van der Waals surface area contributed by atoms with Crippen LogP contribution in [0.3, 0.4) is 0 Å². The highest BCUT2D eigenvalue weighted by atomic mass is 15.2. The molecule has 1 N–H and O–H groups in total. The first-order valence-corrected chi connectivity index (χ1v) is 8.27. The monoisotopic (exact) mass is 284 g/mol. The lowest BCUT2D eigenvalue weighted by Crippen LogP contribution is -2.53. The molecule has 2 aromatic heterocycles. The molecule has 5 rings (SSSR count). The first kappa shape index (κ1) is 13.1. The van der Waals surface area contributed by atoms with E-state index in [1.807, 2.05) is 6.20 Å². The molecule has 2 bridgehead atoms. The second-order valence-corrected chi connectivity index (χ2v) is 6.53. The van der Waals surface area contributed by atoms with Gasteiger partial charge in [0.15, 0.2) is 0 Å². The molecule has 0 aromatic carbocycles. The average molecular weight is 284 g/mol. The third kappa shape index (κ3) is 2.42. The van der Waals surface area contributed by atoms with Gasteiger partial charge < -0.3 is 14.8 Å². The van der Waals surface area contributed by atoms with Gasteiger partial charge in [0.2, 0.25) is 0 Å². The van der Waals surface area contributed by atoms with Gasteiger partial charge in [0.25, 0.3) is 0 Å². The van der Waals surface area contributed by atoms with E-state index in [9.17, 15) is 0 Å². The van der Waals surface area contributed by atoms with E-state index in [0.717, 1.165) is 24.5 Å². The summed E-state index contributed by atoms with van der Waals surface area (Å²) in [5, 5.41) is 4.98. The fourth-order valence-corrected chi connectivity index (χ4v) is 3.92. The van der Waals surface area contributed by atoms with E-state index >= 15 is 0 Å². The fraction of sp³-hybridized carbons (Fsp3) is 0.588. The summed E-state index contributed by atoms with van der Waals surface area (Å²) in [7, 11) is 0. The van der Waals surface area contributed by atoms with Crippen LogP contribution in [-0.4, -0.2) is 40.1 Å². The minimum atomic E-state index is 0.601. The Morgan fingerprint density at radius 2 is 2.19 bits per heavy atom. The maximum atomic E-state index is 4.67. The van der Waals surface area contributed by atoms with Crippen LogP contribution in [-0.2, 0) is 6.54 Å². The Kier molecular flexibility index (Phi) is 3.34. The fourth-order valence-electron chi connectivity index (χ4n) is 3.92. The molecule has 5 heterocycles. The SMILES string of the molecule is CCCn1ccc2cc(N[C@H]3CN4CCC3CC4)cnc21. The molecular weight excluding hydrogens is 260 g/mol. The summed E-state index contributed by atoms with van der Waals surface area (Å²) >= 11 is 0. The summed E-state index contributed by atoms with van der Waals surface area (Å²) in [4.78, 5) is 7.26. The topological polar surface area (TPSA) is 33.1 Å². The zero-order valence-electron chi connectivity index (χ0n) is 12.8. The predicted octanol–water partition coefficient (Wildman–Crippen LogP) is 2.95. The zero-order valence-corrected chi connectivity index (χ0v) is 12.8. The average Bonchev–Trinajstić information content (AvgIpc) is 2.91. The molecule has 0 aliphatic carbocycles. The number of hydrogen-bond donors (Lipinski definition) is 1. The predicted molar refractivity (Wildman–Crippen MR) is 86.6 cm³/mol. The van der Waals surface area contributed by atoms with Crippen molar-refractivity contribution in [2.24, 2.45) is 5.92 Å². The standard InChI is InChI=1S/C17H24N4/c1-2-6-21-9-5-14-10-15(11-18-17(14)21)19-16-12-20-7-3-13(16)4-8-20/h5,9-11,13,16,19H,2-4,6-8,12H2,1H3/t16-/m0/s1. The van der Waals surface area contributed by atoms with Crippen LogP contribution >= 0.6 is 0 Å². The molecule has 0 spiro atoms. The van der Waals surface area contributed by atoms with E-state index in [1.54, 1.807) is 0 Å². The van der Waals surface area contributed by atoms with E-state index in [1.165, 1.54) is 43.5 Å². The Labute approximate surface area is 126 Å². The molecule has 21 heavy (non-hydrogen) atoms. The van der Waals surface area contributed by atoms with Crippen LogP contribution < -0.4 is 5.32 Å². The number of anilines is 1. The van der Waals surface area contributed by atoms with Crippen LogP contribution in [0, 0.1) is 5.92 Å². The molecule has 0 radical (unpaired) electrons. The number of fused-ring (bicyclic) bond motifs is 4. The third-order valence-electron chi connectivity index (χ3n) is 5.07. The summed E-state index contributed by atoms with van der Waals surface area (Å²) in [6.07, 6.45) is 8.00. The first-order valence-electron chi connectivity index (χ1n) is 8.27.